The Bertz CT molecular complexity index is 699. The van der Waals surface area contributed by atoms with E-state index in [0.29, 0.717) is 19.8 Å². The summed E-state index contributed by atoms with van der Waals surface area (Å²) in [5.74, 6) is -0.478. The van der Waals surface area contributed by atoms with Crippen molar-refractivity contribution in [3.05, 3.63) is 35.9 Å². The van der Waals surface area contributed by atoms with E-state index in [1.54, 1.807) is 6.92 Å². The number of carbonyl (C=O) groups is 2. The SMILES string of the molecule is CCOC(=O)C[C@H]1[C@H](C)C(=O)N(Cc2ccccc2)[C@@H]1CO[Si](C)(C)C(C)(C)C. The Morgan fingerprint density at radius 1 is 1.17 bits per heavy atom. The molecule has 0 aliphatic carbocycles. The average Bonchev–Trinajstić information content (AvgIpc) is 2.85. The Kier molecular flexibility index (Phi) is 7.68. The van der Waals surface area contributed by atoms with Gasteiger partial charge in [0.05, 0.1) is 25.7 Å². The molecule has 1 aromatic rings. The molecule has 162 valence electrons. The van der Waals surface area contributed by atoms with Gasteiger partial charge in [0.1, 0.15) is 0 Å². The van der Waals surface area contributed by atoms with Gasteiger partial charge in [-0.3, -0.25) is 9.59 Å². The number of rotatable bonds is 8. The fourth-order valence-corrected chi connectivity index (χ4v) is 4.62. The lowest BCUT2D eigenvalue weighted by Gasteiger charge is -2.39. The lowest BCUT2D eigenvalue weighted by molar-refractivity contribution is -0.144. The monoisotopic (exact) mass is 419 g/mol. The number of nitrogens with zero attached hydrogens (tertiary/aromatic N) is 1. The van der Waals surface area contributed by atoms with Crippen LogP contribution in [0.2, 0.25) is 18.1 Å². The van der Waals surface area contributed by atoms with Crippen LogP contribution in [0.25, 0.3) is 0 Å². The first kappa shape index (κ1) is 23.6. The normalized spacial score (nSPS) is 22.8. The van der Waals surface area contributed by atoms with Gasteiger partial charge in [-0.1, -0.05) is 58.0 Å². The topological polar surface area (TPSA) is 55.8 Å². The second-order valence-electron chi connectivity index (χ2n) is 9.55. The highest BCUT2D eigenvalue weighted by molar-refractivity contribution is 6.74. The summed E-state index contributed by atoms with van der Waals surface area (Å²) in [6, 6.07) is 9.87. The highest BCUT2D eigenvalue weighted by atomic mass is 28.4. The van der Waals surface area contributed by atoms with E-state index in [9.17, 15) is 9.59 Å². The van der Waals surface area contributed by atoms with Gasteiger partial charge >= 0.3 is 5.97 Å². The van der Waals surface area contributed by atoms with Crippen molar-refractivity contribution in [1.29, 1.82) is 0 Å². The van der Waals surface area contributed by atoms with Gasteiger partial charge in [-0.15, -0.1) is 0 Å². The molecule has 0 saturated carbocycles. The summed E-state index contributed by atoms with van der Waals surface area (Å²) in [6.45, 7) is 16.1. The maximum absolute atomic E-state index is 13.1. The zero-order chi connectivity index (χ0) is 21.8. The first-order valence-corrected chi connectivity index (χ1v) is 13.5. The summed E-state index contributed by atoms with van der Waals surface area (Å²) in [5, 5.41) is 0.0854. The molecule has 0 N–H and O–H groups in total. The molecule has 5 nitrogen and oxygen atoms in total. The third kappa shape index (κ3) is 5.69. The molecule has 0 bridgehead atoms. The molecular formula is C23H37NO4Si. The van der Waals surface area contributed by atoms with Crippen LogP contribution in [-0.2, 0) is 25.3 Å². The van der Waals surface area contributed by atoms with E-state index < -0.39 is 8.32 Å². The number of esters is 1. The van der Waals surface area contributed by atoms with E-state index in [4.69, 9.17) is 9.16 Å². The van der Waals surface area contributed by atoms with Crippen molar-refractivity contribution in [3.63, 3.8) is 0 Å². The van der Waals surface area contributed by atoms with Crippen LogP contribution >= 0.6 is 0 Å². The second-order valence-corrected chi connectivity index (χ2v) is 14.4. The molecule has 0 unspecified atom stereocenters. The predicted molar refractivity (Wildman–Crippen MR) is 118 cm³/mol. The minimum absolute atomic E-state index is 0.0854. The van der Waals surface area contributed by atoms with Crippen LogP contribution in [0, 0.1) is 11.8 Å². The largest absolute Gasteiger partial charge is 0.466 e. The smallest absolute Gasteiger partial charge is 0.306 e. The van der Waals surface area contributed by atoms with Crippen LogP contribution < -0.4 is 0 Å². The Balaban J connectivity index is 2.26. The second kappa shape index (κ2) is 9.43. The average molecular weight is 420 g/mol. The molecule has 1 amide bonds. The van der Waals surface area contributed by atoms with Crippen LogP contribution in [0.5, 0.6) is 0 Å². The third-order valence-corrected chi connectivity index (χ3v) is 11.0. The van der Waals surface area contributed by atoms with Gasteiger partial charge in [0.25, 0.3) is 0 Å². The van der Waals surface area contributed by atoms with Crippen LogP contribution in [0.15, 0.2) is 30.3 Å². The quantitative estimate of drug-likeness (QED) is 0.455. The molecular weight excluding hydrogens is 382 g/mol. The summed E-state index contributed by atoms with van der Waals surface area (Å²) < 4.78 is 11.7. The fourth-order valence-electron chi connectivity index (χ4n) is 3.60. The highest BCUT2D eigenvalue weighted by Gasteiger charge is 2.48. The maximum atomic E-state index is 13.1. The van der Waals surface area contributed by atoms with Crippen molar-refractivity contribution in [2.45, 2.75) is 71.8 Å². The van der Waals surface area contributed by atoms with Gasteiger partial charge in [-0.05, 0) is 30.6 Å². The van der Waals surface area contributed by atoms with Crippen LogP contribution in [0.1, 0.15) is 46.6 Å². The van der Waals surface area contributed by atoms with Crippen LogP contribution in [0.4, 0.5) is 0 Å². The molecule has 1 aliphatic heterocycles. The molecule has 1 aromatic carbocycles. The summed E-state index contributed by atoms with van der Waals surface area (Å²) >= 11 is 0. The fraction of sp³-hybridized carbons (Fsp3) is 0.652. The summed E-state index contributed by atoms with van der Waals surface area (Å²) in [7, 11) is -1.98. The van der Waals surface area contributed by atoms with Gasteiger partial charge in [0.2, 0.25) is 5.91 Å². The first-order valence-electron chi connectivity index (χ1n) is 10.6. The predicted octanol–water partition coefficient (Wildman–Crippen LogP) is 4.62. The van der Waals surface area contributed by atoms with E-state index in [0.717, 1.165) is 5.56 Å². The van der Waals surface area contributed by atoms with E-state index >= 15 is 0 Å². The molecule has 1 fully saturated rings. The number of hydrogen-bond acceptors (Lipinski definition) is 4. The van der Waals surface area contributed by atoms with Crippen molar-refractivity contribution in [2.75, 3.05) is 13.2 Å². The number of benzene rings is 1. The molecule has 6 heteroatoms. The van der Waals surface area contributed by atoms with Crippen molar-refractivity contribution in [1.82, 2.24) is 4.90 Å². The third-order valence-electron chi connectivity index (χ3n) is 6.53. The molecule has 29 heavy (non-hydrogen) atoms. The van der Waals surface area contributed by atoms with Gasteiger partial charge in [-0.2, -0.15) is 0 Å². The molecule has 2 rings (SSSR count). The van der Waals surface area contributed by atoms with E-state index in [2.05, 4.69) is 33.9 Å². The van der Waals surface area contributed by atoms with Crippen molar-refractivity contribution >= 4 is 20.2 Å². The van der Waals surface area contributed by atoms with Crippen molar-refractivity contribution in [2.24, 2.45) is 11.8 Å². The lowest BCUT2D eigenvalue weighted by Crippen LogP contribution is -2.46. The number of hydrogen-bond donors (Lipinski definition) is 0. The maximum Gasteiger partial charge on any atom is 0.306 e. The minimum atomic E-state index is -1.98. The lowest BCUT2D eigenvalue weighted by atomic mass is 9.89. The molecule has 1 aliphatic rings. The Labute approximate surface area is 176 Å². The van der Waals surface area contributed by atoms with E-state index in [1.165, 1.54) is 0 Å². The number of ether oxygens (including phenoxy) is 1. The summed E-state index contributed by atoms with van der Waals surface area (Å²) in [5.41, 5.74) is 1.09. The van der Waals surface area contributed by atoms with Crippen LogP contribution in [0.3, 0.4) is 0 Å². The van der Waals surface area contributed by atoms with Gasteiger partial charge in [0.15, 0.2) is 8.32 Å². The van der Waals surface area contributed by atoms with Crippen molar-refractivity contribution < 1.29 is 18.8 Å². The molecule has 1 heterocycles. The zero-order valence-electron chi connectivity index (χ0n) is 19.0. The van der Waals surface area contributed by atoms with Gasteiger partial charge in [0, 0.05) is 18.4 Å². The molecule has 0 aromatic heterocycles. The number of carbonyl (C=O) groups excluding carboxylic acids is 2. The van der Waals surface area contributed by atoms with Gasteiger partial charge in [-0.25, -0.2) is 0 Å². The number of amides is 1. The van der Waals surface area contributed by atoms with Crippen molar-refractivity contribution in [3.8, 4) is 0 Å². The van der Waals surface area contributed by atoms with E-state index in [-0.39, 0.29) is 41.2 Å². The first-order chi connectivity index (χ1) is 13.5. The molecule has 0 radical (unpaired) electrons. The summed E-state index contributed by atoms with van der Waals surface area (Å²) in [4.78, 5) is 27.3. The van der Waals surface area contributed by atoms with Gasteiger partial charge < -0.3 is 14.1 Å². The zero-order valence-corrected chi connectivity index (χ0v) is 20.0. The Hall–Kier alpha value is -1.66. The molecule has 0 spiro atoms. The Morgan fingerprint density at radius 3 is 2.34 bits per heavy atom. The Morgan fingerprint density at radius 2 is 1.79 bits per heavy atom. The van der Waals surface area contributed by atoms with E-state index in [1.807, 2.05) is 42.2 Å². The summed E-state index contributed by atoms with van der Waals surface area (Å²) in [6.07, 6.45) is 0.248. The van der Waals surface area contributed by atoms with Crippen LogP contribution in [-0.4, -0.2) is 44.3 Å². The minimum Gasteiger partial charge on any atom is -0.466 e. The standard InChI is InChI=1S/C23H37NO4Si/c1-8-27-21(25)14-19-17(2)22(26)24(15-18-12-10-9-11-13-18)20(19)16-28-29(6,7)23(3,4)5/h9-13,17,19-20H,8,14-16H2,1-7H3/t17-,19-,20+/m0/s1. The highest BCUT2D eigenvalue weighted by Crippen LogP contribution is 2.39. The molecule has 1 saturated heterocycles. The number of likely N-dealkylation sites (tertiary alicyclic amines) is 1. The molecule has 3 atom stereocenters.